The summed E-state index contributed by atoms with van der Waals surface area (Å²) in [6.07, 6.45) is 1.65. The fraction of sp³-hybridized carbons (Fsp3) is 0.444. The summed E-state index contributed by atoms with van der Waals surface area (Å²) in [6.45, 7) is 2.88. The standard InChI is InChI=1S/C9H13N3O/c10-9-2-1-8(5-12-9)13-6-7-3-11-4-7/h1-2,5,7,11H,3-4,6H2,(H2,10,12). The van der Waals surface area contributed by atoms with Gasteiger partial charge in [0.1, 0.15) is 11.6 Å². The Kier molecular flexibility index (Phi) is 2.31. The maximum atomic E-state index is 5.51. The molecule has 0 amide bonds. The van der Waals surface area contributed by atoms with Gasteiger partial charge in [0.25, 0.3) is 0 Å². The van der Waals surface area contributed by atoms with Gasteiger partial charge in [-0.05, 0) is 12.1 Å². The Hall–Kier alpha value is -1.29. The van der Waals surface area contributed by atoms with E-state index in [1.807, 2.05) is 6.07 Å². The first-order chi connectivity index (χ1) is 6.34. The number of nitrogens with one attached hydrogen (secondary N) is 1. The molecule has 1 saturated heterocycles. The van der Waals surface area contributed by atoms with Crippen LogP contribution in [0.25, 0.3) is 0 Å². The molecule has 4 nitrogen and oxygen atoms in total. The third-order valence-electron chi connectivity index (χ3n) is 2.11. The van der Waals surface area contributed by atoms with Gasteiger partial charge in [0, 0.05) is 19.0 Å². The Morgan fingerprint density at radius 1 is 1.54 bits per heavy atom. The summed E-state index contributed by atoms with van der Waals surface area (Å²) in [6, 6.07) is 3.59. The number of hydrogen-bond acceptors (Lipinski definition) is 4. The maximum absolute atomic E-state index is 5.51. The lowest BCUT2D eigenvalue weighted by Gasteiger charge is -2.26. The van der Waals surface area contributed by atoms with Gasteiger partial charge in [-0.1, -0.05) is 0 Å². The van der Waals surface area contributed by atoms with Crippen molar-refractivity contribution in [1.29, 1.82) is 0 Å². The van der Waals surface area contributed by atoms with Crippen molar-refractivity contribution >= 4 is 5.82 Å². The molecule has 13 heavy (non-hydrogen) atoms. The molecule has 1 aromatic heterocycles. The van der Waals surface area contributed by atoms with Gasteiger partial charge in [-0.2, -0.15) is 0 Å². The second kappa shape index (κ2) is 3.62. The lowest BCUT2D eigenvalue weighted by atomic mass is 10.1. The molecule has 0 radical (unpaired) electrons. The summed E-state index contributed by atoms with van der Waals surface area (Å²) in [5, 5.41) is 3.19. The highest BCUT2D eigenvalue weighted by atomic mass is 16.5. The summed E-state index contributed by atoms with van der Waals surface area (Å²) in [5.74, 6) is 1.97. The predicted molar refractivity (Wildman–Crippen MR) is 50.5 cm³/mol. The Morgan fingerprint density at radius 3 is 2.92 bits per heavy atom. The van der Waals surface area contributed by atoms with Crippen molar-refractivity contribution in [3.63, 3.8) is 0 Å². The summed E-state index contributed by atoms with van der Waals surface area (Å²) >= 11 is 0. The molecule has 1 aliphatic rings. The molecular formula is C9H13N3O. The molecule has 2 heterocycles. The molecule has 2 rings (SSSR count). The second-order valence-electron chi connectivity index (χ2n) is 3.25. The molecule has 1 aliphatic heterocycles. The van der Waals surface area contributed by atoms with E-state index in [9.17, 15) is 0 Å². The van der Waals surface area contributed by atoms with Crippen LogP contribution in [0, 0.1) is 5.92 Å². The van der Waals surface area contributed by atoms with Crippen LogP contribution in [0.15, 0.2) is 18.3 Å². The number of nitrogens with zero attached hydrogens (tertiary/aromatic N) is 1. The van der Waals surface area contributed by atoms with Gasteiger partial charge in [-0.25, -0.2) is 4.98 Å². The van der Waals surface area contributed by atoms with Crippen LogP contribution in [0.3, 0.4) is 0 Å². The largest absolute Gasteiger partial charge is 0.492 e. The van der Waals surface area contributed by atoms with E-state index in [1.165, 1.54) is 0 Å². The minimum atomic E-state index is 0.526. The molecule has 0 bridgehead atoms. The normalized spacial score (nSPS) is 16.6. The van der Waals surface area contributed by atoms with Crippen LogP contribution in [0.4, 0.5) is 5.82 Å². The first-order valence-corrected chi connectivity index (χ1v) is 4.39. The van der Waals surface area contributed by atoms with Crippen molar-refractivity contribution in [2.75, 3.05) is 25.4 Å². The third kappa shape index (κ3) is 2.09. The van der Waals surface area contributed by atoms with Crippen LogP contribution in [0.1, 0.15) is 0 Å². The van der Waals surface area contributed by atoms with Crippen LogP contribution in [-0.2, 0) is 0 Å². The summed E-state index contributed by atoms with van der Waals surface area (Å²) in [4.78, 5) is 3.94. The zero-order valence-corrected chi connectivity index (χ0v) is 7.36. The van der Waals surface area contributed by atoms with E-state index in [1.54, 1.807) is 12.3 Å². The highest BCUT2D eigenvalue weighted by Gasteiger charge is 2.16. The van der Waals surface area contributed by atoms with Crippen LogP contribution < -0.4 is 15.8 Å². The average Bonchev–Trinajstić information content (AvgIpc) is 2.05. The number of ether oxygens (including phenoxy) is 1. The van der Waals surface area contributed by atoms with E-state index < -0.39 is 0 Å². The summed E-state index contributed by atoms with van der Waals surface area (Å²) in [7, 11) is 0. The number of nitrogen functional groups attached to an aromatic ring is 1. The highest BCUT2D eigenvalue weighted by Crippen LogP contribution is 2.12. The van der Waals surface area contributed by atoms with Crippen LogP contribution in [0.5, 0.6) is 5.75 Å². The Morgan fingerprint density at radius 2 is 2.38 bits per heavy atom. The smallest absolute Gasteiger partial charge is 0.137 e. The molecule has 0 saturated carbocycles. The van der Waals surface area contributed by atoms with Gasteiger partial charge in [0.15, 0.2) is 0 Å². The summed E-state index contributed by atoms with van der Waals surface area (Å²) in [5.41, 5.74) is 5.44. The number of aromatic nitrogens is 1. The molecule has 0 atom stereocenters. The number of anilines is 1. The first-order valence-electron chi connectivity index (χ1n) is 4.39. The molecule has 1 fully saturated rings. The average molecular weight is 179 g/mol. The molecule has 3 N–H and O–H groups in total. The summed E-state index contributed by atoms with van der Waals surface area (Å²) < 4.78 is 5.51. The van der Waals surface area contributed by atoms with E-state index in [0.29, 0.717) is 11.7 Å². The third-order valence-corrected chi connectivity index (χ3v) is 2.11. The molecule has 1 aromatic rings. The number of hydrogen-bond donors (Lipinski definition) is 2. The Labute approximate surface area is 77.1 Å². The van der Waals surface area contributed by atoms with E-state index >= 15 is 0 Å². The lowest BCUT2D eigenvalue weighted by Crippen LogP contribution is -2.45. The molecule has 0 unspecified atom stereocenters. The van der Waals surface area contributed by atoms with Crippen molar-refractivity contribution in [1.82, 2.24) is 10.3 Å². The van der Waals surface area contributed by atoms with Crippen molar-refractivity contribution < 1.29 is 4.74 Å². The number of nitrogens with two attached hydrogens (primary N) is 1. The van der Waals surface area contributed by atoms with Crippen molar-refractivity contribution in [2.24, 2.45) is 5.92 Å². The molecular weight excluding hydrogens is 166 g/mol. The predicted octanol–water partition coefficient (Wildman–Crippen LogP) is 0.262. The fourth-order valence-electron chi connectivity index (χ4n) is 1.16. The zero-order chi connectivity index (χ0) is 9.10. The quantitative estimate of drug-likeness (QED) is 0.699. The van der Waals surface area contributed by atoms with E-state index in [4.69, 9.17) is 10.5 Å². The maximum Gasteiger partial charge on any atom is 0.137 e. The van der Waals surface area contributed by atoms with Crippen molar-refractivity contribution in [3.8, 4) is 5.75 Å². The Balaban J connectivity index is 1.83. The van der Waals surface area contributed by atoms with Gasteiger partial charge in [-0.15, -0.1) is 0 Å². The van der Waals surface area contributed by atoms with E-state index in [2.05, 4.69) is 10.3 Å². The topological polar surface area (TPSA) is 60.2 Å². The molecule has 0 aromatic carbocycles. The highest BCUT2D eigenvalue weighted by molar-refractivity contribution is 5.32. The molecule has 0 aliphatic carbocycles. The number of rotatable bonds is 3. The van der Waals surface area contributed by atoms with Gasteiger partial charge >= 0.3 is 0 Å². The second-order valence-corrected chi connectivity index (χ2v) is 3.25. The monoisotopic (exact) mass is 179 g/mol. The van der Waals surface area contributed by atoms with E-state index in [-0.39, 0.29) is 0 Å². The molecule has 0 spiro atoms. The van der Waals surface area contributed by atoms with E-state index in [0.717, 1.165) is 25.4 Å². The molecule has 4 heteroatoms. The first kappa shape index (κ1) is 8.31. The van der Waals surface area contributed by atoms with Crippen LogP contribution in [0.2, 0.25) is 0 Å². The minimum Gasteiger partial charge on any atom is -0.492 e. The van der Waals surface area contributed by atoms with Gasteiger partial charge in [0.2, 0.25) is 0 Å². The molecule has 70 valence electrons. The van der Waals surface area contributed by atoms with Gasteiger partial charge < -0.3 is 15.8 Å². The van der Waals surface area contributed by atoms with Gasteiger partial charge in [-0.3, -0.25) is 0 Å². The van der Waals surface area contributed by atoms with Gasteiger partial charge in [0.05, 0.1) is 12.8 Å². The van der Waals surface area contributed by atoms with Crippen LogP contribution in [-0.4, -0.2) is 24.7 Å². The zero-order valence-electron chi connectivity index (χ0n) is 7.36. The lowest BCUT2D eigenvalue weighted by molar-refractivity contribution is 0.198. The van der Waals surface area contributed by atoms with Crippen molar-refractivity contribution in [3.05, 3.63) is 18.3 Å². The SMILES string of the molecule is Nc1ccc(OCC2CNC2)cn1. The van der Waals surface area contributed by atoms with Crippen molar-refractivity contribution in [2.45, 2.75) is 0 Å². The van der Waals surface area contributed by atoms with Crippen LogP contribution >= 0.6 is 0 Å². The Bertz CT molecular complexity index is 269. The number of pyridine rings is 1. The fourth-order valence-corrected chi connectivity index (χ4v) is 1.16. The minimum absolute atomic E-state index is 0.526.